The fraction of sp³-hybridized carbons (Fsp3) is 0.235. The lowest BCUT2D eigenvalue weighted by molar-refractivity contribution is -0.119. The predicted octanol–water partition coefficient (Wildman–Crippen LogP) is 3.84. The second-order valence-corrected chi connectivity index (χ2v) is 4.55. The Hall–Kier alpha value is -2.09. The first-order chi connectivity index (χ1) is 9.24. The van der Waals surface area contributed by atoms with Gasteiger partial charge in [-0.25, -0.2) is 0 Å². The van der Waals surface area contributed by atoms with Crippen LogP contribution in [-0.2, 0) is 4.79 Å². The molecule has 0 aliphatic heterocycles. The SMILES string of the molecule is CCN(C(=O)[C@@H](C)c1ccccc1)c1ccccc1. The van der Waals surface area contributed by atoms with Crippen molar-refractivity contribution in [3.05, 3.63) is 66.2 Å². The van der Waals surface area contributed by atoms with Crippen LogP contribution in [0.1, 0.15) is 25.3 Å². The fourth-order valence-corrected chi connectivity index (χ4v) is 2.19. The first-order valence-electron chi connectivity index (χ1n) is 6.65. The molecule has 1 amide bonds. The van der Waals surface area contributed by atoms with Gasteiger partial charge in [0.15, 0.2) is 0 Å². The Labute approximate surface area is 114 Å². The molecule has 19 heavy (non-hydrogen) atoms. The highest BCUT2D eigenvalue weighted by molar-refractivity contribution is 5.97. The zero-order chi connectivity index (χ0) is 13.7. The standard InChI is InChI=1S/C17H19NO/c1-3-18(16-12-8-5-9-13-16)17(19)14(2)15-10-6-4-7-11-15/h4-14H,3H2,1-2H3/t14-/m0/s1. The molecule has 0 fully saturated rings. The maximum Gasteiger partial charge on any atom is 0.234 e. The van der Waals surface area contributed by atoms with Crippen LogP contribution in [0.2, 0.25) is 0 Å². The first kappa shape index (κ1) is 13.3. The summed E-state index contributed by atoms with van der Waals surface area (Å²) >= 11 is 0. The lowest BCUT2D eigenvalue weighted by Crippen LogP contribution is -2.34. The molecule has 0 aliphatic rings. The minimum Gasteiger partial charge on any atom is -0.312 e. The molecular formula is C17H19NO. The van der Waals surface area contributed by atoms with Crippen molar-refractivity contribution in [3.63, 3.8) is 0 Å². The van der Waals surface area contributed by atoms with Crippen LogP contribution in [0, 0.1) is 0 Å². The largest absolute Gasteiger partial charge is 0.312 e. The van der Waals surface area contributed by atoms with Gasteiger partial charge in [0.25, 0.3) is 0 Å². The van der Waals surface area contributed by atoms with Crippen LogP contribution in [0.25, 0.3) is 0 Å². The summed E-state index contributed by atoms with van der Waals surface area (Å²) in [4.78, 5) is 14.4. The molecule has 0 heterocycles. The van der Waals surface area contributed by atoms with Crippen molar-refractivity contribution in [2.24, 2.45) is 0 Å². The van der Waals surface area contributed by atoms with E-state index in [4.69, 9.17) is 0 Å². The summed E-state index contributed by atoms with van der Waals surface area (Å²) in [6, 6.07) is 19.7. The second-order valence-electron chi connectivity index (χ2n) is 4.55. The van der Waals surface area contributed by atoms with Gasteiger partial charge >= 0.3 is 0 Å². The van der Waals surface area contributed by atoms with E-state index in [0.717, 1.165) is 11.3 Å². The van der Waals surface area contributed by atoms with Gasteiger partial charge < -0.3 is 4.90 Å². The van der Waals surface area contributed by atoms with E-state index in [1.54, 1.807) is 0 Å². The highest BCUT2D eigenvalue weighted by Gasteiger charge is 2.21. The van der Waals surface area contributed by atoms with Crippen LogP contribution >= 0.6 is 0 Å². The second kappa shape index (κ2) is 6.19. The van der Waals surface area contributed by atoms with Gasteiger partial charge in [0.05, 0.1) is 5.92 Å². The van der Waals surface area contributed by atoms with E-state index in [0.29, 0.717) is 6.54 Å². The number of carbonyl (C=O) groups is 1. The van der Waals surface area contributed by atoms with Gasteiger partial charge in [-0.1, -0.05) is 48.5 Å². The van der Waals surface area contributed by atoms with Crippen molar-refractivity contribution in [1.29, 1.82) is 0 Å². The molecular weight excluding hydrogens is 234 g/mol. The Morgan fingerprint density at radius 3 is 2.05 bits per heavy atom. The van der Waals surface area contributed by atoms with Crippen molar-refractivity contribution in [1.82, 2.24) is 0 Å². The van der Waals surface area contributed by atoms with Gasteiger partial charge in [-0.15, -0.1) is 0 Å². The monoisotopic (exact) mass is 253 g/mol. The summed E-state index contributed by atoms with van der Waals surface area (Å²) in [5.41, 5.74) is 2.01. The number of amides is 1. The summed E-state index contributed by atoms with van der Waals surface area (Å²) in [5, 5.41) is 0. The molecule has 2 aromatic rings. The van der Waals surface area contributed by atoms with Crippen LogP contribution < -0.4 is 4.90 Å². The zero-order valence-electron chi connectivity index (χ0n) is 11.4. The van der Waals surface area contributed by atoms with Crippen LogP contribution in [-0.4, -0.2) is 12.5 Å². The van der Waals surface area contributed by atoms with Crippen LogP contribution in [0.4, 0.5) is 5.69 Å². The molecule has 2 nitrogen and oxygen atoms in total. The van der Waals surface area contributed by atoms with E-state index < -0.39 is 0 Å². The normalized spacial score (nSPS) is 11.9. The van der Waals surface area contributed by atoms with Crippen molar-refractivity contribution in [2.75, 3.05) is 11.4 Å². The Morgan fingerprint density at radius 1 is 1.00 bits per heavy atom. The number of hydrogen-bond acceptors (Lipinski definition) is 1. The Bertz CT molecular complexity index is 521. The molecule has 0 radical (unpaired) electrons. The van der Waals surface area contributed by atoms with E-state index in [-0.39, 0.29) is 11.8 Å². The number of para-hydroxylation sites is 1. The Kier molecular flexibility index (Phi) is 4.35. The zero-order valence-corrected chi connectivity index (χ0v) is 11.4. The number of hydrogen-bond donors (Lipinski definition) is 0. The highest BCUT2D eigenvalue weighted by atomic mass is 16.2. The number of likely N-dealkylation sites (N-methyl/N-ethyl adjacent to an activating group) is 1. The molecule has 1 atom stereocenters. The lowest BCUT2D eigenvalue weighted by Gasteiger charge is -2.24. The number of nitrogens with zero attached hydrogens (tertiary/aromatic N) is 1. The molecule has 0 spiro atoms. The highest BCUT2D eigenvalue weighted by Crippen LogP contribution is 2.22. The number of anilines is 1. The summed E-state index contributed by atoms with van der Waals surface area (Å²) in [6.07, 6.45) is 0. The van der Waals surface area contributed by atoms with Gasteiger partial charge in [-0.3, -0.25) is 4.79 Å². The molecule has 2 rings (SSSR count). The van der Waals surface area contributed by atoms with Crippen molar-refractivity contribution < 1.29 is 4.79 Å². The fourth-order valence-electron chi connectivity index (χ4n) is 2.19. The minimum absolute atomic E-state index is 0.124. The molecule has 2 aromatic carbocycles. The summed E-state index contributed by atoms with van der Waals surface area (Å²) in [7, 11) is 0. The van der Waals surface area contributed by atoms with Gasteiger partial charge in [-0.2, -0.15) is 0 Å². The molecule has 0 aliphatic carbocycles. The molecule has 2 heteroatoms. The van der Waals surface area contributed by atoms with Gasteiger partial charge in [-0.05, 0) is 31.5 Å². The third kappa shape index (κ3) is 3.02. The van der Waals surface area contributed by atoms with Gasteiger partial charge in [0, 0.05) is 12.2 Å². The number of rotatable bonds is 4. The van der Waals surface area contributed by atoms with E-state index in [1.165, 1.54) is 0 Å². The summed E-state index contributed by atoms with van der Waals surface area (Å²) in [5.74, 6) is 0.0151. The average molecular weight is 253 g/mol. The molecule has 0 saturated heterocycles. The maximum absolute atomic E-state index is 12.6. The summed E-state index contributed by atoms with van der Waals surface area (Å²) < 4.78 is 0. The smallest absolute Gasteiger partial charge is 0.234 e. The minimum atomic E-state index is -0.124. The lowest BCUT2D eigenvalue weighted by atomic mass is 9.99. The molecule has 0 saturated carbocycles. The van der Waals surface area contributed by atoms with Gasteiger partial charge in [0.2, 0.25) is 5.91 Å². The van der Waals surface area contributed by atoms with Crippen LogP contribution in [0.3, 0.4) is 0 Å². The Balaban J connectivity index is 2.22. The van der Waals surface area contributed by atoms with Crippen molar-refractivity contribution in [3.8, 4) is 0 Å². The molecule has 0 bridgehead atoms. The van der Waals surface area contributed by atoms with E-state index in [9.17, 15) is 4.79 Å². The molecule has 98 valence electrons. The van der Waals surface area contributed by atoms with Crippen molar-refractivity contribution in [2.45, 2.75) is 19.8 Å². The van der Waals surface area contributed by atoms with E-state index in [1.807, 2.05) is 79.4 Å². The molecule has 0 aromatic heterocycles. The number of benzene rings is 2. The van der Waals surface area contributed by atoms with E-state index in [2.05, 4.69) is 0 Å². The predicted molar refractivity (Wildman–Crippen MR) is 79.3 cm³/mol. The molecule has 0 N–H and O–H groups in total. The molecule has 0 unspecified atom stereocenters. The topological polar surface area (TPSA) is 20.3 Å². The third-order valence-electron chi connectivity index (χ3n) is 3.32. The Morgan fingerprint density at radius 2 is 1.53 bits per heavy atom. The average Bonchev–Trinajstić information content (AvgIpc) is 2.49. The first-order valence-corrected chi connectivity index (χ1v) is 6.65. The van der Waals surface area contributed by atoms with Crippen LogP contribution in [0.5, 0.6) is 0 Å². The quantitative estimate of drug-likeness (QED) is 0.810. The number of carbonyl (C=O) groups excluding carboxylic acids is 1. The summed E-state index contributed by atoms with van der Waals surface area (Å²) in [6.45, 7) is 4.64. The van der Waals surface area contributed by atoms with Crippen LogP contribution in [0.15, 0.2) is 60.7 Å². The van der Waals surface area contributed by atoms with Gasteiger partial charge in [0.1, 0.15) is 0 Å². The van der Waals surface area contributed by atoms with Crippen molar-refractivity contribution >= 4 is 11.6 Å². The third-order valence-corrected chi connectivity index (χ3v) is 3.32. The van der Waals surface area contributed by atoms with E-state index >= 15 is 0 Å². The maximum atomic E-state index is 12.6.